The Balaban J connectivity index is 1.46. The van der Waals surface area contributed by atoms with E-state index in [9.17, 15) is 0 Å². The first-order chi connectivity index (χ1) is 16.2. The number of para-hydroxylation sites is 2. The van der Waals surface area contributed by atoms with Crippen molar-refractivity contribution >= 4 is 27.8 Å². The van der Waals surface area contributed by atoms with Crippen LogP contribution in [0.1, 0.15) is 6.42 Å². The summed E-state index contributed by atoms with van der Waals surface area (Å²) in [6.45, 7) is 5.37. The van der Waals surface area contributed by atoms with Crippen molar-refractivity contribution in [2.75, 3.05) is 32.2 Å². The van der Waals surface area contributed by atoms with Crippen LogP contribution in [0.2, 0.25) is 0 Å². The second-order valence-corrected chi connectivity index (χ2v) is 7.96. The van der Waals surface area contributed by atoms with Crippen molar-refractivity contribution in [3.05, 3.63) is 61.6 Å². The van der Waals surface area contributed by atoms with Gasteiger partial charge < -0.3 is 19.1 Å². The molecule has 0 spiro atoms. The molecule has 1 fully saturated rings. The minimum absolute atomic E-state index is 0.0800. The van der Waals surface area contributed by atoms with Gasteiger partial charge in [-0.1, -0.05) is 18.2 Å². The van der Waals surface area contributed by atoms with Gasteiger partial charge in [0.05, 0.1) is 43.5 Å². The molecular formula is C25H25N5O3. The van der Waals surface area contributed by atoms with Crippen molar-refractivity contribution in [2.24, 2.45) is 5.92 Å². The molecule has 1 saturated heterocycles. The Kier molecular flexibility index (Phi) is 5.64. The Morgan fingerprint density at radius 2 is 1.79 bits per heavy atom. The summed E-state index contributed by atoms with van der Waals surface area (Å²) < 4.78 is 17.3. The SMILES string of the molecule is C=CCC1CN(c2ncnc3cc(OC)c(OC)cc23)CC1Oc1cnc2ccccc2n1. The molecule has 0 bridgehead atoms. The molecule has 4 aromatic rings. The number of ether oxygens (including phenoxy) is 3. The lowest BCUT2D eigenvalue weighted by atomic mass is 10.0. The molecule has 2 unspecified atom stereocenters. The molecule has 1 aliphatic heterocycles. The van der Waals surface area contributed by atoms with E-state index in [-0.39, 0.29) is 12.0 Å². The van der Waals surface area contributed by atoms with Crippen molar-refractivity contribution in [1.29, 1.82) is 0 Å². The van der Waals surface area contributed by atoms with Crippen molar-refractivity contribution in [1.82, 2.24) is 19.9 Å². The lowest BCUT2D eigenvalue weighted by Gasteiger charge is -2.20. The molecule has 2 atom stereocenters. The molecule has 0 saturated carbocycles. The molecule has 2 aromatic carbocycles. The van der Waals surface area contributed by atoms with E-state index in [2.05, 4.69) is 31.4 Å². The zero-order chi connectivity index (χ0) is 22.8. The molecule has 168 valence electrons. The van der Waals surface area contributed by atoms with Gasteiger partial charge in [0.2, 0.25) is 5.88 Å². The molecular weight excluding hydrogens is 418 g/mol. The van der Waals surface area contributed by atoms with Gasteiger partial charge in [-0.25, -0.2) is 19.9 Å². The Bertz CT molecular complexity index is 1310. The van der Waals surface area contributed by atoms with E-state index in [4.69, 9.17) is 14.2 Å². The monoisotopic (exact) mass is 443 g/mol. The summed E-state index contributed by atoms with van der Waals surface area (Å²) >= 11 is 0. The summed E-state index contributed by atoms with van der Waals surface area (Å²) in [6.07, 6.45) is 5.94. The molecule has 0 aliphatic carbocycles. The fourth-order valence-electron chi connectivity index (χ4n) is 4.36. The van der Waals surface area contributed by atoms with Crippen molar-refractivity contribution in [3.63, 3.8) is 0 Å². The second-order valence-electron chi connectivity index (χ2n) is 7.96. The minimum Gasteiger partial charge on any atom is -0.493 e. The highest BCUT2D eigenvalue weighted by Gasteiger charge is 2.35. The Hall–Kier alpha value is -3.94. The fourth-order valence-corrected chi connectivity index (χ4v) is 4.36. The fraction of sp³-hybridized carbons (Fsp3) is 0.280. The molecule has 0 N–H and O–H groups in total. The second kappa shape index (κ2) is 8.90. The van der Waals surface area contributed by atoms with Crippen LogP contribution in [0, 0.1) is 5.92 Å². The lowest BCUT2D eigenvalue weighted by molar-refractivity contribution is 0.168. The Morgan fingerprint density at radius 1 is 1.00 bits per heavy atom. The average molecular weight is 444 g/mol. The number of methoxy groups -OCH3 is 2. The smallest absolute Gasteiger partial charge is 0.233 e. The molecule has 3 heterocycles. The van der Waals surface area contributed by atoms with E-state index in [1.54, 1.807) is 26.7 Å². The molecule has 0 amide bonds. The molecule has 0 radical (unpaired) electrons. The van der Waals surface area contributed by atoms with Crippen LogP contribution in [0.15, 0.2) is 61.6 Å². The normalized spacial score (nSPS) is 17.9. The van der Waals surface area contributed by atoms with Crippen LogP contribution >= 0.6 is 0 Å². The molecule has 33 heavy (non-hydrogen) atoms. The number of rotatable bonds is 7. The highest BCUT2D eigenvalue weighted by Crippen LogP contribution is 2.37. The maximum atomic E-state index is 6.34. The summed E-state index contributed by atoms with van der Waals surface area (Å²) in [7, 11) is 3.24. The van der Waals surface area contributed by atoms with Gasteiger partial charge in [0.1, 0.15) is 18.2 Å². The van der Waals surface area contributed by atoms with E-state index in [1.165, 1.54) is 0 Å². The van der Waals surface area contributed by atoms with Crippen LogP contribution in [0.25, 0.3) is 21.9 Å². The Morgan fingerprint density at radius 3 is 2.58 bits per heavy atom. The van der Waals surface area contributed by atoms with Crippen LogP contribution in [0.5, 0.6) is 17.4 Å². The first kappa shape index (κ1) is 20.9. The quantitative estimate of drug-likeness (QED) is 0.396. The van der Waals surface area contributed by atoms with Gasteiger partial charge >= 0.3 is 0 Å². The van der Waals surface area contributed by atoms with E-state index in [0.717, 1.165) is 40.7 Å². The van der Waals surface area contributed by atoms with Gasteiger partial charge in [-0.2, -0.15) is 0 Å². The van der Waals surface area contributed by atoms with E-state index >= 15 is 0 Å². The number of nitrogens with zero attached hydrogens (tertiary/aromatic N) is 5. The maximum absolute atomic E-state index is 6.34. The minimum atomic E-state index is -0.0800. The number of aromatic nitrogens is 4. The average Bonchev–Trinajstić information content (AvgIpc) is 3.24. The summed E-state index contributed by atoms with van der Waals surface area (Å²) in [5.74, 6) is 2.87. The van der Waals surface area contributed by atoms with Gasteiger partial charge in [-0.15, -0.1) is 6.58 Å². The Labute approximate surface area is 191 Å². The number of hydrogen-bond donors (Lipinski definition) is 0. The van der Waals surface area contributed by atoms with Gasteiger partial charge in [0.25, 0.3) is 0 Å². The third kappa shape index (κ3) is 4.00. The standard InChI is InChI=1S/C25H25N5O3/c1-4-7-16-13-30(14-23(16)33-24-12-26-18-8-5-6-9-19(18)29-24)25-17-10-21(31-2)22(32-3)11-20(17)27-15-28-25/h4-6,8-12,15-16,23H,1,7,13-14H2,2-3H3. The summed E-state index contributed by atoms with van der Waals surface area (Å²) in [4.78, 5) is 20.4. The third-order valence-corrected chi connectivity index (χ3v) is 5.97. The van der Waals surface area contributed by atoms with E-state index in [0.29, 0.717) is 23.9 Å². The van der Waals surface area contributed by atoms with Gasteiger partial charge in [0, 0.05) is 23.9 Å². The highest BCUT2D eigenvalue weighted by molar-refractivity contribution is 5.92. The highest BCUT2D eigenvalue weighted by atomic mass is 16.5. The van der Waals surface area contributed by atoms with Gasteiger partial charge in [0.15, 0.2) is 11.5 Å². The van der Waals surface area contributed by atoms with Crippen molar-refractivity contribution in [3.8, 4) is 17.4 Å². The number of benzene rings is 2. The number of allylic oxidation sites excluding steroid dienone is 1. The van der Waals surface area contributed by atoms with Crippen LogP contribution in [0.3, 0.4) is 0 Å². The van der Waals surface area contributed by atoms with Crippen molar-refractivity contribution < 1.29 is 14.2 Å². The van der Waals surface area contributed by atoms with Gasteiger partial charge in [-0.3, -0.25) is 0 Å². The van der Waals surface area contributed by atoms with Crippen molar-refractivity contribution in [2.45, 2.75) is 12.5 Å². The first-order valence-electron chi connectivity index (χ1n) is 10.8. The van der Waals surface area contributed by atoms with E-state index < -0.39 is 0 Å². The lowest BCUT2D eigenvalue weighted by Crippen LogP contribution is -2.27. The number of anilines is 1. The zero-order valence-electron chi connectivity index (χ0n) is 18.6. The molecule has 1 aliphatic rings. The molecule has 8 nitrogen and oxygen atoms in total. The zero-order valence-corrected chi connectivity index (χ0v) is 18.6. The third-order valence-electron chi connectivity index (χ3n) is 5.97. The predicted octanol–water partition coefficient (Wildman–Crippen LogP) is 4.05. The van der Waals surface area contributed by atoms with E-state index in [1.807, 2.05) is 42.5 Å². The van der Waals surface area contributed by atoms with Crippen LogP contribution in [0.4, 0.5) is 5.82 Å². The topological polar surface area (TPSA) is 82.5 Å². The van der Waals surface area contributed by atoms with Gasteiger partial charge in [-0.05, 0) is 24.6 Å². The van der Waals surface area contributed by atoms with Crippen LogP contribution in [-0.4, -0.2) is 53.3 Å². The molecule has 2 aromatic heterocycles. The largest absolute Gasteiger partial charge is 0.493 e. The van der Waals surface area contributed by atoms with Crippen LogP contribution in [-0.2, 0) is 0 Å². The maximum Gasteiger partial charge on any atom is 0.233 e. The number of fused-ring (bicyclic) bond motifs is 2. The summed E-state index contributed by atoms with van der Waals surface area (Å²) in [5, 5.41) is 0.902. The van der Waals surface area contributed by atoms with Crippen LogP contribution < -0.4 is 19.1 Å². The number of hydrogen-bond acceptors (Lipinski definition) is 8. The predicted molar refractivity (Wildman–Crippen MR) is 127 cm³/mol. The molecule has 8 heteroatoms. The molecule has 5 rings (SSSR count). The summed E-state index contributed by atoms with van der Waals surface area (Å²) in [6, 6.07) is 11.6. The summed E-state index contributed by atoms with van der Waals surface area (Å²) in [5.41, 5.74) is 2.45. The first-order valence-corrected chi connectivity index (χ1v) is 10.8.